The Morgan fingerprint density at radius 1 is 1.15 bits per heavy atom. The lowest BCUT2D eigenvalue weighted by atomic mass is 10.1. The van der Waals surface area contributed by atoms with Gasteiger partial charge in [-0.3, -0.25) is 9.52 Å². The Hall–Kier alpha value is -3.24. The highest BCUT2D eigenvalue weighted by Crippen LogP contribution is 2.28. The quantitative estimate of drug-likeness (QED) is 0.405. The normalized spacial score (nSPS) is 12.6. The molecule has 0 bridgehead atoms. The van der Waals surface area contributed by atoms with Crippen LogP contribution in [0.4, 0.5) is 5.69 Å². The van der Waals surface area contributed by atoms with E-state index in [2.05, 4.69) is 20.0 Å². The zero-order valence-electron chi connectivity index (χ0n) is 18.8. The van der Waals surface area contributed by atoms with Crippen molar-refractivity contribution in [2.24, 2.45) is 0 Å². The summed E-state index contributed by atoms with van der Waals surface area (Å²) in [5, 5.41) is 5.73. The Balaban J connectivity index is 1.76. The molecule has 2 aromatic heterocycles. The molecule has 0 radical (unpaired) electrons. The number of carbonyl (C=O) groups is 1. The number of anilines is 1. The summed E-state index contributed by atoms with van der Waals surface area (Å²) < 4.78 is 30.3. The number of imidazole rings is 1. The van der Waals surface area contributed by atoms with E-state index in [9.17, 15) is 13.2 Å². The van der Waals surface area contributed by atoms with Crippen molar-refractivity contribution in [3.63, 3.8) is 0 Å². The van der Waals surface area contributed by atoms with Gasteiger partial charge in [-0.1, -0.05) is 18.2 Å². The molecular formula is C23H25N5O3S2. The van der Waals surface area contributed by atoms with Crippen molar-refractivity contribution >= 4 is 44.0 Å². The van der Waals surface area contributed by atoms with Crippen LogP contribution < -0.4 is 10.0 Å². The smallest absolute Gasteiger partial charge is 0.261 e. The van der Waals surface area contributed by atoms with Crippen LogP contribution in [0.3, 0.4) is 0 Å². The fourth-order valence-corrected chi connectivity index (χ4v) is 5.59. The van der Waals surface area contributed by atoms with Crippen LogP contribution in [0, 0.1) is 13.8 Å². The summed E-state index contributed by atoms with van der Waals surface area (Å²) >= 11 is 1.48. The molecule has 8 nitrogen and oxygen atoms in total. The lowest BCUT2D eigenvalue weighted by molar-refractivity contribution is 0.0941. The van der Waals surface area contributed by atoms with Crippen molar-refractivity contribution in [3.8, 4) is 0 Å². The van der Waals surface area contributed by atoms with Gasteiger partial charge in [-0.2, -0.15) is 0 Å². The van der Waals surface area contributed by atoms with E-state index in [1.165, 1.54) is 23.5 Å². The standard InChI is InChI=1S/C23H25N5O3S2/c1-5-28-16(4)26-20-12-17(27-33(30,31)18-9-7-6-8-10-18)11-19(21(20)28)22(29)25-15(3)23-24-14(2)13-32-23/h6-13,15,27H,5H2,1-4H3,(H,25,29)/t15-/m1/s1. The first kappa shape index (κ1) is 22.9. The molecule has 0 aliphatic rings. The number of hydrogen-bond acceptors (Lipinski definition) is 6. The van der Waals surface area contributed by atoms with Gasteiger partial charge in [-0.25, -0.2) is 18.4 Å². The minimum atomic E-state index is -3.82. The van der Waals surface area contributed by atoms with Crippen LogP contribution in [0.5, 0.6) is 0 Å². The molecule has 0 fully saturated rings. The minimum Gasteiger partial charge on any atom is -0.343 e. The topological polar surface area (TPSA) is 106 Å². The Bertz CT molecular complexity index is 1430. The SMILES string of the molecule is CCn1c(C)nc2cc(NS(=O)(=O)c3ccccc3)cc(C(=O)N[C@H](C)c3nc(C)cs3)c21. The molecule has 1 amide bonds. The molecule has 4 aromatic rings. The molecule has 0 aliphatic carbocycles. The van der Waals surface area contributed by atoms with Crippen molar-refractivity contribution in [2.75, 3.05) is 4.72 Å². The van der Waals surface area contributed by atoms with E-state index in [1.54, 1.807) is 30.3 Å². The first-order valence-electron chi connectivity index (χ1n) is 10.5. The van der Waals surface area contributed by atoms with E-state index in [-0.39, 0.29) is 22.5 Å². The summed E-state index contributed by atoms with van der Waals surface area (Å²) in [6.45, 7) is 8.24. The van der Waals surface area contributed by atoms with E-state index in [0.29, 0.717) is 23.1 Å². The predicted molar refractivity (Wildman–Crippen MR) is 130 cm³/mol. The van der Waals surface area contributed by atoms with Crippen molar-refractivity contribution in [1.29, 1.82) is 0 Å². The van der Waals surface area contributed by atoms with Crippen LogP contribution >= 0.6 is 11.3 Å². The van der Waals surface area contributed by atoms with E-state index in [1.807, 2.05) is 37.6 Å². The second kappa shape index (κ2) is 8.95. The van der Waals surface area contributed by atoms with Crippen molar-refractivity contribution < 1.29 is 13.2 Å². The molecule has 2 N–H and O–H groups in total. The van der Waals surface area contributed by atoms with E-state index < -0.39 is 10.0 Å². The minimum absolute atomic E-state index is 0.138. The molecule has 0 aliphatic heterocycles. The first-order valence-corrected chi connectivity index (χ1v) is 12.9. The zero-order chi connectivity index (χ0) is 23.8. The maximum Gasteiger partial charge on any atom is 0.261 e. The second-order valence-corrected chi connectivity index (χ2v) is 10.3. The number of nitrogens with zero attached hydrogens (tertiary/aromatic N) is 3. The maximum atomic E-state index is 13.4. The van der Waals surface area contributed by atoms with Gasteiger partial charge >= 0.3 is 0 Å². The highest BCUT2D eigenvalue weighted by atomic mass is 32.2. The highest BCUT2D eigenvalue weighted by molar-refractivity contribution is 7.92. The van der Waals surface area contributed by atoms with Crippen LogP contribution in [0.15, 0.2) is 52.7 Å². The summed E-state index contributed by atoms with van der Waals surface area (Å²) in [7, 11) is -3.82. The van der Waals surface area contributed by atoms with Gasteiger partial charge in [0, 0.05) is 17.6 Å². The molecular weight excluding hydrogens is 458 g/mol. The van der Waals surface area contributed by atoms with Gasteiger partial charge < -0.3 is 9.88 Å². The number of fused-ring (bicyclic) bond motifs is 1. The van der Waals surface area contributed by atoms with Crippen LogP contribution in [0.1, 0.15) is 46.8 Å². The number of sulfonamides is 1. The molecule has 0 saturated carbocycles. The van der Waals surface area contributed by atoms with Gasteiger partial charge in [-0.05, 0) is 52.0 Å². The molecule has 0 saturated heterocycles. The molecule has 1 atom stereocenters. The van der Waals surface area contributed by atoms with Gasteiger partial charge in [0.25, 0.3) is 15.9 Å². The summed E-state index contributed by atoms with van der Waals surface area (Å²) in [6.07, 6.45) is 0. The van der Waals surface area contributed by atoms with Gasteiger partial charge in [-0.15, -0.1) is 11.3 Å². The third-order valence-electron chi connectivity index (χ3n) is 5.25. The summed E-state index contributed by atoms with van der Waals surface area (Å²) in [6, 6.07) is 11.0. The van der Waals surface area contributed by atoms with Crippen LogP contribution in [0.2, 0.25) is 0 Å². The summed E-state index contributed by atoms with van der Waals surface area (Å²) in [5.41, 5.74) is 2.73. The fourth-order valence-electron chi connectivity index (χ4n) is 3.72. The highest BCUT2D eigenvalue weighted by Gasteiger charge is 2.22. The van der Waals surface area contributed by atoms with Crippen LogP contribution in [-0.4, -0.2) is 28.9 Å². The summed E-state index contributed by atoms with van der Waals surface area (Å²) in [4.78, 5) is 22.5. The Kier molecular flexibility index (Phi) is 6.22. The zero-order valence-corrected chi connectivity index (χ0v) is 20.4. The number of carbonyl (C=O) groups excluding carboxylic acids is 1. The molecule has 4 rings (SSSR count). The van der Waals surface area contributed by atoms with Crippen molar-refractivity contribution in [2.45, 2.75) is 45.2 Å². The molecule has 10 heteroatoms. The second-order valence-electron chi connectivity index (χ2n) is 7.74. The number of hydrogen-bond donors (Lipinski definition) is 2. The number of amides is 1. The Morgan fingerprint density at radius 3 is 2.52 bits per heavy atom. The van der Waals surface area contributed by atoms with E-state index in [4.69, 9.17) is 0 Å². The van der Waals surface area contributed by atoms with Crippen molar-refractivity contribution in [1.82, 2.24) is 19.9 Å². The monoisotopic (exact) mass is 483 g/mol. The third-order valence-corrected chi connectivity index (χ3v) is 7.80. The lowest BCUT2D eigenvalue weighted by Gasteiger charge is -2.15. The average molecular weight is 484 g/mol. The first-order chi connectivity index (χ1) is 15.7. The number of aryl methyl sites for hydroxylation is 3. The lowest BCUT2D eigenvalue weighted by Crippen LogP contribution is -2.27. The predicted octanol–water partition coefficient (Wildman–Crippen LogP) is 4.42. The number of rotatable bonds is 7. The van der Waals surface area contributed by atoms with Gasteiger partial charge in [0.05, 0.1) is 33.2 Å². The van der Waals surface area contributed by atoms with Gasteiger partial charge in [0.1, 0.15) is 10.8 Å². The number of nitrogens with one attached hydrogen (secondary N) is 2. The Morgan fingerprint density at radius 2 is 1.88 bits per heavy atom. The van der Waals surface area contributed by atoms with Crippen molar-refractivity contribution in [3.05, 3.63) is 69.9 Å². The fraction of sp³-hybridized carbons (Fsp3) is 0.261. The molecule has 33 heavy (non-hydrogen) atoms. The van der Waals surface area contributed by atoms with Gasteiger partial charge in [0.2, 0.25) is 0 Å². The van der Waals surface area contributed by atoms with E-state index >= 15 is 0 Å². The number of thiazole rings is 1. The largest absolute Gasteiger partial charge is 0.343 e. The van der Waals surface area contributed by atoms with E-state index in [0.717, 1.165) is 16.5 Å². The summed E-state index contributed by atoms with van der Waals surface area (Å²) in [5.74, 6) is 0.420. The molecule has 2 heterocycles. The van der Waals surface area contributed by atoms with Crippen LogP contribution in [-0.2, 0) is 16.6 Å². The maximum absolute atomic E-state index is 13.4. The number of benzene rings is 2. The number of aromatic nitrogens is 3. The van der Waals surface area contributed by atoms with Crippen LogP contribution in [0.25, 0.3) is 11.0 Å². The molecule has 172 valence electrons. The molecule has 0 spiro atoms. The average Bonchev–Trinajstić information content (AvgIpc) is 3.35. The van der Waals surface area contributed by atoms with Gasteiger partial charge in [0.15, 0.2) is 0 Å². The Labute approximate surface area is 196 Å². The molecule has 0 unspecified atom stereocenters. The third kappa shape index (κ3) is 4.62. The molecule has 2 aromatic carbocycles.